The lowest BCUT2D eigenvalue weighted by molar-refractivity contribution is -0.140. The highest BCUT2D eigenvalue weighted by atomic mass is 35.5. The number of amides is 1. The van der Waals surface area contributed by atoms with Crippen molar-refractivity contribution in [1.82, 2.24) is 20.0 Å². The summed E-state index contributed by atoms with van der Waals surface area (Å²) in [6.07, 6.45) is 0.799. The number of carbonyl (C=O) groups is 1. The molecule has 0 radical (unpaired) electrons. The van der Waals surface area contributed by atoms with Gasteiger partial charge in [0.05, 0.1) is 28.5 Å². The van der Waals surface area contributed by atoms with E-state index in [9.17, 15) is 4.79 Å². The Morgan fingerprint density at radius 3 is 2.74 bits per heavy atom. The van der Waals surface area contributed by atoms with E-state index in [1.807, 2.05) is 32.7 Å². The van der Waals surface area contributed by atoms with Crippen LogP contribution in [-0.4, -0.2) is 39.2 Å². The lowest BCUT2D eigenvalue weighted by Crippen LogP contribution is -2.60. The number of halogens is 1. The van der Waals surface area contributed by atoms with E-state index in [1.54, 1.807) is 4.68 Å². The van der Waals surface area contributed by atoms with Gasteiger partial charge in [0, 0.05) is 20.1 Å². The molecule has 1 fully saturated rings. The molecule has 1 aliphatic rings. The summed E-state index contributed by atoms with van der Waals surface area (Å²) in [6.45, 7) is 7.86. The lowest BCUT2D eigenvalue weighted by atomic mass is 10.0. The molecule has 0 bridgehead atoms. The summed E-state index contributed by atoms with van der Waals surface area (Å²) in [5.74, 6) is 0.106. The van der Waals surface area contributed by atoms with Crippen molar-refractivity contribution in [3.8, 4) is 0 Å². The quantitative estimate of drug-likeness (QED) is 0.911. The molecule has 1 N–H and O–H groups in total. The highest BCUT2D eigenvalue weighted by Gasteiger charge is 2.35. The molecule has 1 aliphatic heterocycles. The second-order valence-electron chi connectivity index (χ2n) is 5.46. The van der Waals surface area contributed by atoms with E-state index in [0.29, 0.717) is 18.1 Å². The molecule has 0 unspecified atom stereocenters. The molecule has 0 aliphatic carbocycles. The molecule has 0 aromatic carbocycles. The van der Waals surface area contributed by atoms with Crippen LogP contribution < -0.4 is 5.32 Å². The van der Waals surface area contributed by atoms with Gasteiger partial charge in [-0.05, 0) is 20.3 Å². The fourth-order valence-electron chi connectivity index (χ4n) is 2.40. The van der Waals surface area contributed by atoms with Gasteiger partial charge in [-0.3, -0.25) is 9.48 Å². The number of hydrogen-bond acceptors (Lipinski definition) is 3. The summed E-state index contributed by atoms with van der Waals surface area (Å²) in [6, 6.07) is 0. The van der Waals surface area contributed by atoms with Crippen molar-refractivity contribution in [2.24, 2.45) is 7.05 Å². The molecule has 19 heavy (non-hydrogen) atoms. The first-order valence-corrected chi connectivity index (χ1v) is 6.99. The maximum atomic E-state index is 12.3. The normalized spacial score (nSPS) is 19.0. The standard InChI is InChI=1S/C13H21ClN4O/c1-5-9-11(14)10(17(4)16-9)8-18-7-6-15-13(2,3)12(18)19/h15H,5-8H2,1-4H3. The molecular weight excluding hydrogens is 264 g/mol. The SMILES string of the molecule is CCc1nn(C)c(CN2CCNC(C)(C)C2=O)c1Cl. The first-order valence-electron chi connectivity index (χ1n) is 6.61. The molecular formula is C13H21ClN4O. The minimum absolute atomic E-state index is 0.106. The van der Waals surface area contributed by atoms with Crippen LogP contribution in [0.15, 0.2) is 0 Å². The highest BCUT2D eigenvalue weighted by Crippen LogP contribution is 2.24. The Kier molecular flexibility index (Phi) is 3.87. The van der Waals surface area contributed by atoms with Gasteiger partial charge >= 0.3 is 0 Å². The van der Waals surface area contributed by atoms with Gasteiger partial charge in [-0.1, -0.05) is 18.5 Å². The molecule has 5 nitrogen and oxygen atoms in total. The minimum Gasteiger partial charge on any atom is -0.334 e. The average Bonchev–Trinajstić information content (AvgIpc) is 2.62. The molecule has 1 aromatic heterocycles. The molecule has 6 heteroatoms. The maximum absolute atomic E-state index is 12.3. The van der Waals surface area contributed by atoms with Crippen LogP contribution in [-0.2, 0) is 24.8 Å². The Hall–Kier alpha value is -1.07. The van der Waals surface area contributed by atoms with Crippen molar-refractivity contribution in [2.75, 3.05) is 13.1 Å². The van der Waals surface area contributed by atoms with Crippen molar-refractivity contribution in [1.29, 1.82) is 0 Å². The Bertz CT molecular complexity index is 495. The van der Waals surface area contributed by atoms with Crippen molar-refractivity contribution in [3.05, 3.63) is 16.4 Å². The van der Waals surface area contributed by atoms with Gasteiger partial charge in [0.1, 0.15) is 0 Å². The Balaban J connectivity index is 2.22. The third-order valence-electron chi connectivity index (χ3n) is 3.61. The molecule has 106 valence electrons. The van der Waals surface area contributed by atoms with Crippen LogP contribution >= 0.6 is 11.6 Å². The molecule has 2 heterocycles. The van der Waals surface area contributed by atoms with Gasteiger partial charge in [0.25, 0.3) is 0 Å². The molecule has 2 rings (SSSR count). The number of nitrogens with zero attached hydrogens (tertiary/aromatic N) is 3. The van der Waals surface area contributed by atoms with Crippen molar-refractivity contribution < 1.29 is 4.79 Å². The predicted molar refractivity (Wildman–Crippen MR) is 75.1 cm³/mol. The number of hydrogen-bond donors (Lipinski definition) is 1. The van der Waals surface area contributed by atoms with Gasteiger partial charge in [-0.2, -0.15) is 5.10 Å². The summed E-state index contributed by atoms with van der Waals surface area (Å²) in [4.78, 5) is 14.2. The van der Waals surface area contributed by atoms with E-state index >= 15 is 0 Å². The predicted octanol–water partition coefficient (Wildman–Crippen LogP) is 1.35. The summed E-state index contributed by atoms with van der Waals surface area (Å²) in [5.41, 5.74) is 1.29. The third kappa shape index (κ3) is 2.62. The molecule has 0 spiro atoms. The zero-order chi connectivity index (χ0) is 14.2. The van der Waals surface area contributed by atoms with Crippen LogP contribution in [0.25, 0.3) is 0 Å². The van der Waals surface area contributed by atoms with Gasteiger partial charge in [0.2, 0.25) is 5.91 Å². The zero-order valence-corrected chi connectivity index (χ0v) is 12.7. The first-order chi connectivity index (χ1) is 8.86. The number of nitrogens with one attached hydrogen (secondary N) is 1. The Morgan fingerprint density at radius 1 is 1.47 bits per heavy atom. The highest BCUT2D eigenvalue weighted by molar-refractivity contribution is 6.31. The molecule has 1 aromatic rings. The van der Waals surface area contributed by atoms with Crippen molar-refractivity contribution >= 4 is 17.5 Å². The largest absolute Gasteiger partial charge is 0.334 e. The van der Waals surface area contributed by atoms with Gasteiger partial charge in [0.15, 0.2) is 0 Å². The van der Waals surface area contributed by atoms with E-state index in [2.05, 4.69) is 10.4 Å². The van der Waals surface area contributed by atoms with Crippen LogP contribution in [0.3, 0.4) is 0 Å². The number of aromatic nitrogens is 2. The smallest absolute Gasteiger partial charge is 0.242 e. The van der Waals surface area contributed by atoms with Gasteiger partial charge < -0.3 is 10.2 Å². The molecule has 0 atom stereocenters. The molecule has 1 amide bonds. The van der Waals surface area contributed by atoms with Gasteiger partial charge in [-0.15, -0.1) is 0 Å². The summed E-state index contributed by atoms with van der Waals surface area (Å²) in [7, 11) is 1.87. The zero-order valence-electron chi connectivity index (χ0n) is 12.0. The van der Waals surface area contributed by atoms with Gasteiger partial charge in [-0.25, -0.2) is 0 Å². The van der Waals surface area contributed by atoms with Crippen molar-refractivity contribution in [2.45, 2.75) is 39.3 Å². The Labute approximate surface area is 118 Å². The first kappa shape index (κ1) is 14.3. The lowest BCUT2D eigenvalue weighted by Gasteiger charge is -2.38. The summed E-state index contributed by atoms with van der Waals surface area (Å²) < 4.78 is 1.78. The fraction of sp³-hybridized carbons (Fsp3) is 0.692. The summed E-state index contributed by atoms with van der Waals surface area (Å²) in [5, 5.41) is 8.30. The van der Waals surface area contributed by atoms with Crippen LogP contribution in [0.1, 0.15) is 32.2 Å². The van der Waals surface area contributed by atoms with Crippen molar-refractivity contribution in [3.63, 3.8) is 0 Å². The van der Waals surface area contributed by atoms with E-state index in [-0.39, 0.29) is 5.91 Å². The van der Waals surface area contributed by atoms with E-state index in [0.717, 1.165) is 24.4 Å². The second kappa shape index (κ2) is 5.13. The number of aryl methyl sites for hydroxylation is 2. The van der Waals surface area contributed by atoms with Crippen LogP contribution in [0.5, 0.6) is 0 Å². The van der Waals surface area contributed by atoms with E-state index in [1.165, 1.54) is 0 Å². The van der Waals surface area contributed by atoms with E-state index in [4.69, 9.17) is 11.6 Å². The number of carbonyl (C=O) groups excluding carboxylic acids is 1. The molecule has 1 saturated heterocycles. The topological polar surface area (TPSA) is 50.2 Å². The van der Waals surface area contributed by atoms with Crippen LogP contribution in [0.2, 0.25) is 5.02 Å². The average molecular weight is 285 g/mol. The number of rotatable bonds is 3. The molecule has 0 saturated carbocycles. The summed E-state index contributed by atoms with van der Waals surface area (Å²) >= 11 is 6.33. The Morgan fingerprint density at radius 2 is 2.16 bits per heavy atom. The maximum Gasteiger partial charge on any atom is 0.242 e. The monoisotopic (exact) mass is 284 g/mol. The number of piperazine rings is 1. The van der Waals surface area contributed by atoms with E-state index < -0.39 is 5.54 Å². The third-order valence-corrected chi connectivity index (χ3v) is 4.05. The van der Waals surface area contributed by atoms with Crippen LogP contribution in [0, 0.1) is 0 Å². The fourth-order valence-corrected chi connectivity index (χ4v) is 2.75. The van der Waals surface area contributed by atoms with Crippen LogP contribution in [0.4, 0.5) is 0 Å². The minimum atomic E-state index is -0.503. The second-order valence-corrected chi connectivity index (χ2v) is 5.84.